The van der Waals surface area contributed by atoms with E-state index in [1.165, 1.54) is 7.11 Å². The average Bonchev–Trinajstić information content (AvgIpc) is 3.16. The molecule has 3 aromatic carbocycles. The maximum absolute atomic E-state index is 12.7. The van der Waals surface area contributed by atoms with Gasteiger partial charge in [0, 0.05) is 5.02 Å². The number of aromatic nitrogens is 2. The van der Waals surface area contributed by atoms with E-state index < -0.39 is 5.91 Å². The van der Waals surface area contributed by atoms with E-state index in [9.17, 15) is 4.79 Å². The maximum atomic E-state index is 12.7. The highest BCUT2D eigenvalue weighted by Crippen LogP contribution is 2.31. The van der Waals surface area contributed by atoms with Gasteiger partial charge >= 0.3 is 6.01 Å². The van der Waals surface area contributed by atoms with Crippen LogP contribution in [0.4, 0.5) is 6.01 Å². The van der Waals surface area contributed by atoms with Crippen molar-refractivity contribution in [3.63, 3.8) is 0 Å². The predicted octanol–water partition coefficient (Wildman–Crippen LogP) is 5.46. The number of amides is 1. The molecule has 0 unspecified atom stereocenters. The van der Waals surface area contributed by atoms with Crippen LogP contribution in [0.25, 0.3) is 22.2 Å². The molecule has 1 heterocycles. The first-order chi connectivity index (χ1) is 13.5. The van der Waals surface area contributed by atoms with Crippen LogP contribution in [0.2, 0.25) is 10.0 Å². The second kappa shape index (κ2) is 7.50. The summed E-state index contributed by atoms with van der Waals surface area (Å²) in [6, 6.07) is 16.0. The molecular formula is C20H13Cl2N3O3. The van der Waals surface area contributed by atoms with Crippen molar-refractivity contribution in [2.75, 3.05) is 12.4 Å². The summed E-state index contributed by atoms with van der Waals surface area (Å²) in [6.07, 6.45) is 0. The summed E-state index contributed by atoms with van der Waals surface area (Å²) in [5, 5.41) is 13.1. The number of fused-ring (bicyclic) bond motifs is 1. The highest BCUT2D eigenvalue weighted by atomic mass is 35.5. The number of benzene rings is 3. The molecule has 1 N–H and O–H groups in total. The van der Waals surface area contributed by atoms with Gasteiger partial charge in [0.25, 0.3) is 11.8 Å². The van der Waals surface area contributed by atoms with Crippen LogP contribution in [0, 0.1) is 0 Å². The fraction of sp³-hybridized carbons (Fsp3) is 0.0500. The summed E-state index contributed by atoms with van der Waals surface area (Å²) in [5.41, 5.74) is 0.826. The van der Waals surface area contributed by atoms with Gasteiger partial charge in [-0.3, -0.25) is 10.1 Å². The second-order valence-corrected chi connectivity index (χ2v) is 6.73. The molecule has 0 aliphatic carbocycles. The second-order valence-electron chi connectivity index (χ2n) is 5.89. The summed E-state index contributed by atoms with van der Waals surface area (Å²) in [5.74, 6) is 0.150. The van der Waals surface area contributed by atoms with Gasteiger partial charge in [-0.05, 0) is 41.1 Å². The molecule has 1 aromatic heterocycles. The largest absolute Gasteiger partial charge is 0.496 e. The van der Waals surface area contributed by atoms with Crippen molar-refractivity contribution < 1.29 is 13.9 Å². The normalized spacial score (nSPS) is 10.8. The van der Waals surface area contributed by atoms with Crippen molar-refractivity contribution in [1.82, 2.24) is 10.2 Å². The van der Waals surface area contributed by atoms with Crippen LogP contribution in [-0.2, 0) is 0 Å². The zero-order valence-electron chi connectivity index (χ0n) is 14.6. The minimum absolute atomic E-state index is 0.0637. The van der Waals surface area contributed by atoms with Gasteiger partial charge in [0.2, 0.25) is 0 Å². The molecule has 140 valence electrons. The number of hydrogen-bond acceptors (Lipinski definition) is 5. The lowest BCUT2D eigenvalue weighted by Gasteiger charge is -2.09. The van der Waals surface area contributed by atoms with Gasteiger partial charge in [0.1, 0.15) is 5.75 Å². The van der Waals surface area contributed by atoms with E-state index in [0.29, 0.717) is 26.9 Å². The van der Waals surface area contributed by atoms with Crippen molar-refractivity contribution in [3.8, 4) is 17.2 Å². The van der Waals surface area contributed by atoms with E-state index in [1.807, 2.05) is 24.3 Å². The number of methoxy groups -OCH3 is 1. The number of hydrogen-bond donors (Lipinski definition) is 1. The number of ether oxygens (including phenoxy) is 1. The zero-order chi connectivity index (χ0) is 19.7. The van der Waals surface area contributed by atoms with Gasteiger partial charge in [-0.2, -0.15) is 0 Å². The van der Waals surface area contributed by atoms with Crippen LogP contribution in [0.1, 0.15) is 10.4 Å². The molecule has 0 aliphatic heterocycles. The lowest BCUT2D eigenvalue weighted by atomic mass is 10.1. The number of halogens is 2. The van der Waals surface area contributed by atoms with E-state index in [-0.39, 0.29) is 11.9 Å². The monoisotopic (exact) mass is 413 g/mol. The third-order valence-electron chi connectivity index (χ3n) is 4.12. The molecule has 0 aliphatic rings. The smallest absolute Gasteiger partial charge is 0.322 e. The fourth-order valence-electron chi connectivity index (χ4n) is 2.77. The number of anilines is 1. The van der Waals surface area contributed by atoms with Crippen LogP contribution in [-0.4, -0.2) is 23.2 Å². The van der Waals surface area contributed by atoms with Crippen molar-refractivity contribution >= 4 is 45.9 Å². The Morgan fingerprint density at radius 3 is 2.54 bits per heavy atom. The standard InChI is InChI=1S/C20H13Cl2N3O3/c1-27-17-9-12-5-3-2-4-11(12)8-15(17)18(26)23-20-25-24-19(28-20)14-10-13(21)6-7-16(14)22/h2-10H,1H3,(H,23,25,26). The van der Waals surface area contributed by atoms with Gasteiger partial charge < -0.3 is 9.15 Å². The Morgan fingerprint density at radius 2 is 1.79 bits per heavy atom. The first-order valence-corrected chi connectivity index (χ1v) is 8.98. The van der Waals surface area contributed by atoms with E-state index in [4.69, 9.17) is 32.4 Å². The van der Waals surface area contributed by atoms with Crippen molar-refractivity contribution in [1.29, 1.82) is 0 Å². The molecule has 0 saturated carbocycles. The van der Waals surface area contributed by atoms with Crippen LogP contribution in [0.5, 0.6) is 5.75 Å². The number of nitrogens with one attached hydrogen (secondary N) is 1. The molecule has 0 fully saturated rings. The van der Waals surface area contributed by atoms with Gasteiger partial charge in [-0.1, -0.05) is 52.6 Å². The molecule has 0 radical (unpaired) electrons. The Hall–Kier alpha value is -3.09. The van der Waals surface area contributed by atoms with Gasteiger partial charge in [0.15, 0.2) is 0 Å². The van der Waals surface area contributed by atoms with Crippen molar-refractivity contribution in [3.05, 3.63) is 70.2 Å². The third-order valence-corrected chi connectivity index (χ3v) is 4.68. The average molecular weight is 414 g/mol. The molecule has 4 aromatic rings. The van der Waals surface area contributed by atoms with E-state index in [2.05, 4.69) is 15.5 Å². The molecule has 28 heavy (non-hydrogen) atoms. The molecule has 0 spiro atoms. The molecule has 6 nitrogen and oxygen atoms in total. The summed E-state index contributed by atoms with van der Waals surface area (Å²) < 4.78 is 10.9. The summed E-state index contributed by atoms with van der Waals surface area (Å²) >= 11 is 12.1. The molecule has 0 bridgehead atoms. The molecule has 0 atom stereocenters. The first kappa shape index (κ1) is 18.3. The Morgan fingerprint density at radius 1 is 1.04 bits per heavy atom. The van der Waals surface area contributed by atoms with Crippen LogP contribution < -0.4 is 10.1 Å². The lowest BCUT2D eigenvalue weighted by molar-refractivity contribution is 0.102. The Bertz CT molecular complexity index is 1190. The molecule has 1 amide bonds. The van der Waals surface area contributed by atoms with Gasteiger partial charge in [0.05, 0.1) is 23.3 Å². The maximum Gasteiger partial charge on any atom is 0.322 e. The molecule has 0 saturated heterocycles. The minimum atomic E-state index is -0.435. The fourth-order valence-corrected chi connectivity index (χ4v) is 3.14. The van der Waals surface area contributed by atoms with E-state index in [0.717, 1.165) is 10.8 Å². The predicted molar refractivity (Wildman–Crippen MR) is 108 cm³/mol. The number of rotatable bonds is 4. The zero-order valence-corrected chi connectivity index (χ0v) is 16.1. The number of carbonyl (C=O) groups is 1. The Kier molecular flexibility index (Phi) is 4.90. The van der Waals surface area contributed by atoms with Crippen molar-refractivity contribution in [2.24, 2.45) is 0 Å². The van der Waals surface area contributed by atoms with Crippen LogP contribution >= 0.6 is 23.2 Å². The SMILES string of the molecule is COc1cc2ccccc2cc1C(=O)Nc1nnc(-c2cc(Cl)ccc2Cl)o1. The van der Waals surface area contributed by atoms with Crippen LogP contribution in [0.3, 0.4) is 0 Å². The quantitative estimate of drug-likeness (QED) is 0.480. The topological polar surface area (TPSA) is 77.2 Å². The van der Waals surface area contributed by atoms with E-state index >= 15 is 0 Å². The first-order valence-electron chi connectivity index (χ1n) is 8.22. The van der Waals surface area contributed by atoms with Gasteiger partial charge in [-0.25, -0.2) is 0 Å². The van der Waals surface area contributed by atoms with Gasteiger partial charge in [-0.15, -0.1) is 5.10 Å². The summed E-state index contributed by atoms with van der Waals surface area (Å²) in [4.78, 5) is 12.7. The number of carbonyl (C=O) groups excluding carboxylic acids is 1. The van der Waals surface area contributed by atoms with E-state index in [1.54, 1.807) is 30.3 Å². The molecule has 8 heteroatoms. The molecular weight excluding hydrogens is 401 g/mol. The lowest BCUT2D eigenvalue weighted by Crippen LogP contribution is -2.13. The van der Waals surface area contributed by atoms with Crippen LogP contribution in [0.15, 0.2) is 59.0 Å². The highest BCUT2D eigenvalue weighted by molar-refractivity contribution is 6.35. The van der Waals surface area contributed by atoms with Crippen molar-refractivity contribution in [2.45, 2.75) is 0 Å². The summed E-state index contributed by atoms with van der Waals surface area (Å²) in [7, 11) is 1.51. The minimum Gasteiger partial charge on any atom is -0.496 e. The highest BCUT2D eigenvalue weighted by Gasteiger charge is 2.18. The third kappa shape index (κ3) is 3.52. The number of nitrogens with zero attached hydrogens (tertiary/aromatic N) is 2. The Balaban J connectivity index is 1.63. The summed E-state index contributed by atoms with van der Waals surface area (Å²) in [6.45, 7) is 0. The molecule has 4 rings (SSSR count). The Labute approximate surface area is 170 Å².